The molecule has 0 atom stereocenters. The highest BCUT2D eigenvalue weighted by Gasteiger charge is 2.23. The summed E-state index contributed by atoms with van der Waals surface area (Å²) < 4.78 is 6.37. The van der Waals surface area contributed by atoms with Gasteiger partial charge in [0.15, 0.2) is 5.82 Å². The molecule has 21 heavy (non-hydrogen) atoms. The Morgan fingerprint density at radius 3 is 2.67 bits per heavy atom. The quantitative estimate of drug-likeness (QED) is 0.901. The van der Waals surface area contributed by atoms with Gasteiger partial charge in [0.2, 0.25) is 5.13 Å². The minimum Gasteiger partial charge on any atom is -0.477 e. The first-order valence-electron chi connectivity index (χ1n) is 5.99. The number of carboxylic acid groups (broad SMARTS) is 1. The van der Waals surface area contributed by atoms with Crippen molar-refractivity contribution in [2.75, 3.05) is 5.32 Å². The molecule has 2 aromatic heterocycles. The Balaban J connectivity index is 2.34. The van der Waals surface area contributed by atoms with Crippen LogP contribution in [0.5, 0.6) is 0 Å². The summed E-state index contributed by atoms with van der Waals surface area (Å²) in [7, 11) is 0. The van der Waals surface area contributed by atoms with E-state index in [1.807, 2.05) is 0 Å². The molecule has 0 aromatic carbocycles. The normalized spacial score (nSPS) is 11.2. The third kappa shape index (κ3) is 3.57. The van der Waals surface area contributed by atoms with E-state index in [1.165, 1.54) is 16.0 Å². The Hall–Kier alpha value is -2.42. The van der Waals surface area contributed by atoms with E-state index in [2.05, 4.69) is 15.4 Å². The van der Waals surface area contributed by atoms with Crippen LogP contribution in [0.4, 0.5) is 10.6 Å². The summed E-state index contributed by atoms with van der Waals surface area (Å²) in [6.07, 6.45) is 1.94. The van der Waals surface area contributed by atoms with Crippen LogP contribution in [0.1, 0.15) is 31.1 Å². The molecule has 0 aliphatic carbocycles. The number of amides is 1. The van der Waals surface area contributed by atoms with Gasteiger partial charge in [-0.25, -0.2) is 14.6 Å². The van der Waals surface area contributed by atoms with Gasteiger partial charge < -0.3 is 9.84 Å². The van der Waals surface area contributed by atoms with Crippen molar-refractivity contribution in [1.82, 2.24) is 14.8 Å². The third-order valence-electron chi connectivity index (χ3n) is 2.22. The second-order valence-electron chi connectivity index (χ2n) is 5.07. The van der Waals surface area contributed by atoms with Crippen LogP contribution in [0, 0.1) is 0 Å². The molecule has 2 N–H and O–H groups in total. The van der Waals surface area contributed by atoms with Gasteiger partial charge >= 0.3 is 12.1 Å². The Morgan fingerprint density at radius 1 is 1.43 bits per heavy atom. The predicted molar refractivity (Wildman–Crippen MR) is 76.1 cm³/mol. The number of nitrogens with one attached hydrogen (secondary N) is 1. The number of ether oxygens (including phenoxy) is 1. The summed E-state index contributed by atoms with van der Waals surface area (Å²) >= 11 is 1.26. The highest BCUT2D eigenvalue weighted by Crippen LogP contribution is 2.22. The number of carboxylic acids is 1. The molecule has 0 fully saturated rings. The van der Waals surface area contributed by atoms with Crippen LogP contribution in [0.2, 0.25) is 0 Å². The van der Waals surface area contributed by atoms with Crippen molar-refractivity contribution >= 4 is 29.2 Å². The van der Waals surface area contributed by atoms with Crippen LogP contribution in [0.15, 0.2) is 17.8 Å². The average molecular weight is 310 g/mol. The minimum absolute atomic E-state index is 0.00620. The molecule has 1 amide bonds. The first kappa shape index (κ1) is 15.0. The van der Waals surface area contributed by atoms with E-state index >= 15 is 0 Å². The van der Waals surface area contributed by atoms with E-state index in [0.29, 0.717) is 5.13 Å². The number of hydrogen-bond acceptors (Lipinski definition) is 6. The molecule has 8 nitrogen and oxygen atoms in total. The lowest BCUT2D eigenvalue weighted by atomic mass is 10.2. The number of rotatable bonds is 3. The highest BCUT2D eigenvalue weighted by molar-refractivity contribution is 7.12. The average Bonchev–Trinajstić information content (AvgIpc) is 2.93. The van der Waals surface area contributed by atoms with Crippen molar-refractivity contribution in [2.45, 2.75) is 26.4 Å². The number of carbonyl (C=O) groups is 2. The molecule has 0 spiro atoms. The molecule has 0 bridgehead atoms. The summed E-state index contributed by atoms with van der Waals surface area (Å²) in [4.78, 5) is 27.1. The summed E-state index contributed by atoms with van der Waals surface area (Å²) in [5, 5.41) is 17.7. The summed E-state index contributed by atoms with van der Waals surface area (Å²) in [5.74, 6) is -1.20. The number of nitrogens with zero attached hydrogens (tertiary/aromatic N) is 3. The molecular formula is C12H14N4O4S. The summed E-state index contributed by atoms with van der Waals surface area (Å²) in [6, 6.07) is 0. The van der Waals surface area contributed by atoms with Gasteiger partial charge in [-0.05, 0) is 20.8 Å². The smallest absolute Gasteiger partial charge is 0.413 e. The molecule has 0 saturated carbocycles. The fourth-order valence-electron chi connectivity index (χ4n) is 1.49. The fraction of sp³-hybridized carbons (Fsp3) is 0.333. The van der Waals surface area contributed by atoms with Gasteiger partial charge in [0, 0.05) is 11.6 Å². The molecule has 0 unspecified atom stereocenters. The van der Waals surface area contributed by atoms with Crippen molar-refractivity contribution in [1.29, 1.82) is 0 Å². The zero-order valence-electron chi connectivity index (χ0n) is 11.7. The minimum atomic E-state index is -1.20. The molecule has 0 saturated heterocycles. The van der Waals surface area contributed by atoms with E-state index in [1.54, 1.807) is 32.3 Å². The van der Waals surface area contributed by atoms with E-state index < -0.39 is 17.7 Å². The van der Waals surface area contributed by atoms with Gasteiger partial charge in [0.05, 0.1) is 6.20 Å². The molecule has 2 aromatic rings. The Kier molecular flexibility index (Phi) is 3.94. The van der Waals surface area contributed by atoms with Crippen LogP contribution >= 0.6 is 11.3 Å². The van der Waals surface area contributed by atoms with Crippen LogP contribution in [0.25, 0.3) is 5.13 Å². The second kappa shape index (κ2) is 5.52. The van der Waals surface area contributed by atoms with Crippen LogP contribution in [0.3, 0.4) is 0 Å². The first-order chi connectivity index (χ1) is 9.78. The highest BCUT2D eigenvalue weighted by atomic mass is 32.1. The van der Waals surface area contributed by atoms with Crippen LogP contribution in [-0.2, 0) is 4.74 Å². The molecule has 2 heterocycles. The molecule has 0 aliphatic heterocycles. The van der Waals surface area contributed by atoms with Gasteiger partial charge in [-0.3, -0.25) is 5.32 Å². The maximum Gasteiger partial charge on any atom is 0.413 e. The molecule has 2 rings (SSSR count). The van der Waals surface area contributed by atoms with E-state index in [0.717, 1.165) is 6.20 Å². The van der Waals surface area contributed by atoms with Gasteiger partial charge in [-0.1, -0.05) is 0 Å². The van der Waals surface area contributed by atoms with E-state index in [-0.39, 0.29) is 11.4 Å². The molecule has 0 radical (unpaired) electrons. The SMILES string of the molecule is CC(C)(C)OC(=O)Nc1c(C(=O)O)cnn1-c1nccs1. The topological polar surface area (TPSA) is 106 Å². The van der Waals surface area contributed by atoms with Crippen molar-refractivity contribution in [3.8, 4) is 5.13 Å². The fourth-order valence-corrected chi connectivity index (χ4v) is 2.09. The van der Waals surface area contributed by atoms with Crippen LogP contribution < -0.4 is 5.32 Å². The largest absolute Gasteiger partial charge is 0.477 e. The number of carbonyl (C=O) groups excluding carboxylic acids is 1. The second-order valence-corrected chi connectivity index (χ2v) is 5.94. The predicted octanol–water partition coefficient (Wildman–Crippen LogP) is 2.37. The number of thiazole rings is 1. The Labute approximate surface area is 124 Å². The molecule has 9 heteroatoms. The van der Waals surface area contributed by atoms with E-state index in [9.17, 15) is 9.59 Å². The van der Waals surface area contributed by atoms with Crippen molar-refractivity contribution in [3.05, 3.63) is 23.3 Å². The number of hydrogen-bond donors (Lipinski definition) is 2. The zero-order chi connectivity index (χ0) is 15.6. The van der Waals surface area contributed by atoms with Crippen molar-refractivity contribution < 1.29 is 19.4 Å². The lowest BCUT2D eigenvalue weighted by Gasteiger charge is -2.19. The number of anilines is 1. The van der Waals surface area contributed by atoms with Gasteiger partial charge in [0.25, 0.3) is 0 Å². The third-order valence-corrected chi connectivity index (χ3v) is 2.97. The maximum absolute atomic E-state index is 11.8. The maximum atomic E-state index is 11.8. The molecule has 112 valence electrons. The lowest BCUT2D eigenvalue weighted by Crippen LogP contribution is -2.28. The van der Waals surface area contributed by atoms with Crippen molar-refractivity contribution in [2.24, 2.45) is 0 Å². The Morgan fingerprint density at radius 2 is 2.14 bits per heavy atom. The van der Waals surface area contributed by atoms with E-state index in [4.69, 9.17) is 9.84 Å². The zero-order valence-corrected chi connectivity index (χ0v) is 12.5. The summed E-state index contributed by atoms with van der Waals surface area (Å²) in [5.41, 5.74) is -0.837. The van der Waals surface area contributed by atoms with Crippen molar-refractivity contribution in [3.63, 3.8) is 0 Å². The van der Waals surface area contributed by atoms with Gasteiger partial charge in [-0.15, -0.1) is 11.3 Å². The standard InChI is InChI=1S/C12H14N4O4S/c1-12(2,3)20-11(19)15-8-7(9(17)18)6-14-16(8)10-13-4-5-21-10/h4-6H,1-3H3,(H,15,19)(H,17,18). The summed E-state index contributed by atoms with van der Waals surface area (Å²) in [6.45, 7) is 5.13. The Bertz CT molecular complexity index is 657. The van der Waals surface area contributed by atoms with Crippen LogP contribution in [-0.4, -0.2) is 37.5 Å². The van der Waals surface area contributed by atoms with Gasteiger partial charge in [0.1, 0.15) is 11.2 Å². The number of aromatic carboxylic acids is 1. The lowest BCUT2D eigenvalue weighted by molar-refractivity contribution is 0.0635. The first-order valence-corrected chi connectivity index (χ1v) is 6.87. The van der Waals surface area contributed by atoms with Gasteiger partial charge in [-0.2, -0.15) is 9.78 Å². The molecular weight excluding hydrogens is 296 g/mol. The number of aromatic nitrogens is 3. The monoisotopic (exact) mass is 310 g/mol. The molecule has 0 aliphatic rings.